The molecule has 0 spiro atoms. The second-order valence-electron chi connectivity index (χ2n) is 4.27. The number of aromatic nitrogens is 3. The highest BCUT2D eigenvalue weighted by atomic mass is 16.3. The molecule has 3 aromatic rings. The van der Waals surface area contributed by atoms with Crippen molar-refractivity contribution in [3.63, 3.8) is 0 Å². The summed E-state index contributed by atoms with van der Waals surface area (Å²) in [6.07, 6.45) is 2.93. The molecule has 0 saturated carbocycles. The molecule has 3 rings (SSSR count). The van der Waals surface area contributed by atoms with Crippen LogP contribution in [0.25, 0.3) is 11.3 Å². The van der Waals surface area contributed by atoms with Crippen molar-refractivity contribution in [2.75, 3.05) is 5.32 Å². The lowest BCUT2D eigenvalue weighted by Crippen LogP contribution is -2.12. The highest BCUT2D eigenvalue weighted by molar-refractivity contribution is 6.03. The summed E-state index contributed by atoms with van der Waals surface area (Å²) in [7, 11) is 0. The number of amides is 1. The Balaban J connectivity index is 1.83. The van der Waals surface area contributed by atoms with Gasteiger partial charge in [-0.1, -0.05) is 12.1 Å². The molecule has 2 aromatic heterocycles. The number of benzene rings is 1. The lowest BCUT2D eigenvalue weighted by atomic mass is 10.1. The van der Waals surface area contributed by atoms with Gasteiger partial charge in [-0.25, -0.2) is 4.98 Å². The smallest absolute Gasteiger partial charge is 0.293 e. The first-order valence-electron chi connectivity index (χ1n) is 6.05. The number of rotatable bonds is 3. The number of aromatic amines is 1. The predicted octanol–water partition coefficient (Wildman–Crippen LogP) is 2.63. The van der Waals surface area contributed by atoms with Gasteiger partial charge in [0.1, 0.15) is 0 Å². The van der Waals surface area contributed by atoms with E-state index in [9.17, 15) is 4.79 Å². The van der Waals surface area contributed by atoms with Crippen molar-refractivity contribution < 1.29 is 9.21 Å². The molecule has 1 aromatic carbocycles. The highest BCUT2D eigenvalue weighted by Gasteiger charge is 2.14. The summed E-state index contributed by atoms with van der Waals surface area (Å²) in [6.45, 7) is 1.72. The molecule has 2 N–H and O–H groups in total. The Morgan fingerprint density at radius 3 is 2.95 bits per heavy atom. The maximum Gasteiger partial charge on any atom is 0.293 e. The molecule has 1 amide bonds. The van der Waals surface area contributed by atoms with E-state index in [0.717, 1.165) is 11.3 Å². The van der Waals surface area contributed by atoms with Gasteiger partial charge in [0.25, 0.3) is 5.91 Å². The van der Waals surface area contributed by atoms with Gasteiger partial charge in [0.15, 0.2) is 6.39 Å². The van der Waals surface area contributed by atoms with E-state index in [4.69, 9.17) is 4.42 Å². The van der Waals surface area contributed by atoms with Crippen molar-refractivity contribution in [3.05, 3.63) is 54.4 Å². The normalized spacial score (nSPS) is 10.4. The fraction of sp³-hybridized carbons (Fsp3) is 0.0714. The molecule has 2 heterocycles. The molecule has 0 atom stereocenters. The molecule has 0 aliphatic carbocycles. The molecule has 0 bridgehead atoms. The SMILES string of the molecule is Cc1ncoc1C(=O)Nc1cccc(-c2ccn[nH]2)c1. The third-order valence-corrected chi connectivity index (χ3v) is 2.88. The molecule has 100 valence electrons. The average molecular weight is 268 g/mol. The van der Waals surface area contributed by atoms with Gasteiger partial charge in [0.05, 0.1) is 11.4 Å². The molecule has 0 aliphatic heterocycles. The summed E-state index contributed by atoms with van der Waals surface area (Å²) in [5.74, 6) is -0.0984. The molecule has 0 radical (unpaired) electrons. The van der Waals surface area contributed by atoms with Gasteiger partial charge >= 0.3 is 0 Å². The molecule has 0 aliphatic rings. The van der Waals surface area contributed by atoms with Gasteiger partial charge in [0.2, 0.25) is 5.76 Å². The second-order valence-corrected chi connectivity index (χ2v) is 4.27. The van der Waals surface area contributed by atoms with E-state index >= 15 is 0 Å². The number of oxazole rings is 1. The van der Waals surface area contributed by atoms with Crippen LogP contribution in [0.4, 0.5) is 5.69 Å². The van der Waals surface area contributed by atoms with E-state index < -0.39 is 0 Å². The number of carbonyl (C=O) groups is 1. The topological polar surface area (TPSA) is 83.8 Å². The molecule has 6 nitrogen and oxygen atoms in total. The Hall–Kier alpha value is -2.89. The Bertz CT molecular complexity index is 731. The second kappa shape index (κ2) is 5.00. The maximum atomic E-state index is 12.0. The standard InChI is InChI=1S/C14H12N4O2/c1-9-13(20-8-15-9)14(19)17-11-4-2-3-10(7-11)12-5-6-16-18-12/h2-8H,1H3,(H,16,18)(H,17,19). The molecule has 6 heteroatoms. The van der Waals surface area contributed by atoms with Gasteiger partial charge in [0, 0.05) is 17.4 Å². The van der Waals surface area contributed by atoms with E-state index in [1.807, 2.05) is 30.3 Å². The van der Waals surface area contributed by atoms with Crippen LogP contribution in [0.15, 0.2) is 47.3 Å². The van der Waals surface area contributed by atoms with E-state index in [0.29, 0.717) is 11.4 Å². The van der Waals surface area contributed by atoms with Crippen LogP contribution in [-0.4, -0.2) is 21.1 Å². The van der Waals surface area contributed by atoms with Crippen molar-refractivity contribution in [3.8, 4) is 11.3 Å². The first-order valence-corrected chi connectivity index (χ1v) is 6.05. The Labute approximate surface area is 114 Å². The summed E-state index contributed by atoms with van der Waals surface area (Å²) in [5, 5.41) is 9.57. The van der Waals surface area contributed by atoms with E-state index in [1.165, 1.54) is 6.39 Å². The highest BCUT2D eigenvalue weighted by Crippen LogP contribution is 2.21. The first kappa shape index (κ1) is 12.2. The van der Waals surface area contributed by atoms with Crippen LogP contribution in [0.2, 0.25) is 0 Å². The van der Waals surface area contributed by atoms with Crippen LogP contribution in [0, 0.1) is 6.92 Å². The summed E-state index contributed by atoms with van der Waals surface area (Å²) in [4.78, 5) is 15.9. The van der Waals surface area contributed by atoms with Gasteiger partial charge < -0.3 is 9.73 Å². The Morgan fingerprint density at radius 1 is 1.35 bits per heavy atom. The zero-order valence-corrected chi connectivity index (χ0v) is 10.8. The lowest BCUT2D eigenvalue weighted by molar-refractivity contribution is 0.0996. The summed E-state index contributed by atoms with van der Waals surface area (Å²) < 4.78 is 5.06. The van der Waals surface area contributed by atoms with Gasteiger partial charge in [-0.15, -0.1) is 0 Å². The third kappa shape index (κ3) is 2.31. The molecule has 0 unspecified atom stereocenters. The number of aryl methyl sites for hydroxylation is 1. The fourth-order valence-corrected chi connectivity index (χ4v) is 1.89. The fourth-order valence-electron chi connectivity index (χ4n) is 1.89. The molecule has 0 fully saturated rings. The number of carbonyl (C=O) groups excluding carboxylic acids is 1. The zero-order chi connectivity index (χ0) is 13.9. The van der Waals surface area contributed by atoms with Crippen LogP contribution in [0.1, 0.15) is 16.2 Å². The number of hydrogen-bond donors (Lipinski definition) is 2. The van der Waals surface area contributed by atoms with Crippen LogP contribution < -0.4 is 5.32 Å². The largest absolute Gasteiger partial charge is 0.438 e. The first-order chi connectivity index (χ1) is 9.74. The predicted molar refractivity (Wildman–Crippen MR) is 73.2 cm³/mol. The number of anilines is 1. The van der Waals surface area contributed by atoms with E-state index in [-0.39, 0.29) is 11.7 Å². The van der Waals surface area contributed by atoms with Crippen molar-refractivity contribution in [2.24, 2.45) is 0 Å². The Morgan fingerprint density at radius 2 is 2.25 bits per heavy atom. The quantitative estimate of drug-likeness (QED) is 0.764. The maximum absolute atomic E-state index is 12.0. The van der Waals surface area contributed by atoms with E-state index in [1.54, 1.807) is 13.1 Å². The van der Waals surface area contributed by atoms with Gasteiger partial charge in [-0.3, -0.25) is 9.89 Å². The van der Waals surface area contributed by atoms with Gasteiger partial charge in [-0.2, -0.15) is 5.10 Å². The van der Waals surface area contributed by atoms with E-state index in [2.05, 4.69) is 20.5 Å². The minimum absolute atomic E-state index is 0.219. The van der Waals surface area contributed by atoms with Crippen LogP contribution in [-0.2, 0) is 0 Å². The van der Waals surface area contributed by atoms with Crippen LogP contribution in [0.3, 0.4) is 0 Å². The number of hydrogen-bond acceptors (Lipinski definition) is 4. The van der Waals surface area contributed by atoms with Crippen LogP contribution in [0.5, 0.6) is 0 Å². The summed E-state index contributed by atoms with van der Waals surface area (Å²) in [6, 6.07) is 9.32. The monoisotopic (exact) mass is 268 g/mol. The average Bonchev–Trinajstić information content (AvgIpc) is 3.09. The van der Waals surface area contributed by atoms with Crippen molar-refractivity contribution in [1.82, 2.24) is 15.2 Å². The third-order valence-electron chi connectivity index (χ3n) is 2.88. The minimum Gasteiger partial charge on any atom is -0.438 e. The zero-order valence-electron chi connectivity index (χ0n) is 10.8. The number of H-pyrrole nitrogens is 1. The summed E-state index contributed by atoms with van der Waals surface area (Å²) >= 11 is 0. The number of nitrogens with zero attached hydrogens (tertiary/aromatic N) is 2. The lowest BCUT2D eigenvalue weighted by Gasteiger charge is -2.05. The Kier molecular flexibility index (Phi) is 3.04. The molecule has 20 heavy (non-hydrogen) atoms. The number of nitrogens with one attached hydrogen (secondary N) is 2. The van der Waals surface area contributed by atoms with Crippen LogP contribution >= 0.6 is 0 Å². The van der Waals surface area contributed by atoms with Crippen molar-refractivity contribution >= 4 is 11.6 Å². The molecular weight excluding hydrogens is 256 g/mol. The van der Waals surface area contributed by atoms with Crippen molar-refractivity contribution in [2.45, 2.75) is 6.92 Å². The molecule has 0 saturated heterocycles. The van der Waals surface area contributed by atoms with Gasteiger partial charge in [-0.05, 0) is 25.1 Å². The molecular formula is C14H12N4O2. The van der Waals surface area contributed by atoms with Crippen molar-refractivity contribution in [1.29, 1.82) is 0 Å². The summed E-state index contributed by atoms with van der Waals surface area (Å²) in [5.41, 5.74) is 3.07. The minimum atomic E-state index is -0.318.